The van der Waals surface area contributed by atoms with Gasteiger partial charge in [0.25, 0.3) is 0 Å². The van der Waals surface area contributed by atoms with Gasteiger partial charge in [0.1, 0.15) is 12.8 Å². The standard InChI is InChI=1S/C29H31Cl2F2NO5/c1-26-6-5-17(36)9-20(26)23(32)10-19-18-8-16-13-34(12-15-3-4-21(30)22(31)7-15)39-29(16,25(38)14-35)27(18,2)11-24(37)28(19,26)33/h3-7,9,16,18-19,23-24,35,37H,8,10-14H2,1-2H3/t16-,18-,19-,23-,24-,26-,27-,28-,29-/m0/s1. The van der Waals surface area contributed by atoms with Crippen molar-refractivity contribution in [3.63, 3.8) is 0 Å². The third-order valence-corrected chi connectivity index (χ3v) is 11.3. The Hall–Kier alpha value is -1.68. The van der Waals surface area contributed by atoms with Crippen molar-refractivity contribution in [1.82, 2.24) is 5.06 Å². The average Bonchev–Trinajstić information content (AvgIpc) is 3.36. The first-order valence-electron chi connectivity index (χ1n) is 13.3. The summed E-state index contributed by atoms with van der Waals surface area (Å²) >= 11 is 12.2. The normalized spacial score (nSPS) is 44.9. The van der Waals surface area contributed by atoms with Gasteiger partial charge in [-0.1, -0.05) is 42.3 Å². The van der Waals surface area contributed by atoms with Gasteiger partial charge in [-0.05, 0) is 67.5 Å². The maximum atomic E-state index is 17.4. The lowest BCUT2D eigenvalue weighted by Gasteiger charge is -2.63. The van der Waals surface area contributed by atoms with Crippen LogP contribution in [-0.4, -0.2) is 63.5 Å². The number of carbonyl (C=O) groups is 2. The Labute approximate surface area is 235 Å². The van der Waals surface area contributed by atoms with Crippen molar-refractivity contribution < 1.29 is 33.4 Å². The number of benzene rings is 1. The quantitative estimate of drug-likeness (QED) is 0.541. The molecule has 1 heterocycles. The largest absolute Gasteiger partial charge is 0.390 e. The molecule has 10 heteroatoms. The van der Waals surface area contributed by atoms with Crippen molar-refractivity contribution >= 4 is 34.8 Å². The summed E-state index contributed by atoms with van der Waals surface area (Å²) in [6.07, 6.45) is 0.719. The Morgan fingerprint density at radius 2 is 1.95 bits per heavy atom. The number of hydrogen-bond acceptors (Lipinski definition) is 6. The monoisotopic (exact) mass is 581 g/mol. The molecule has 0 bridgehead atoms. The zero-order valence-electron chi connectivity index (χ0n) is 21.7. The zero-order valence-corrected chi connectivity index (χ0v) is 23.2. The summed E-state index contributed by atoms with van der Waals surface area (Å²) in [7, 11) is 0. The highest BCUT2D eigenvalue weighted by Crippen LogP contribution is 2.72. The van der Waals surface area contributed by atoms with E-state index in [9.17, 15) is 19.8 Å². The van der Waals surface area contributed by atoms with Crippen molar-refractivity contribution in [2.24, 2.45) is 28.6 Å². The van der Waals surface area contributed by atoms with E-state index in [1.165, 1.54) is 12.2 Å². The van der Waals surface area contributed by atoms with Gasteiger partial charge in [0, 0.05) is 35.8 Å². The molecule has 5 aliphatic rings. The number of fused-ring (bicyclic) bond motifs is 7. The predicted octanol–water partition coefficient (Wildman–Crippen LogP) is 4.59. The highest BCUT2D eigenvalue weighted by molar-refractivity contribution is 6.42. The lowest BCUT2D eigenvalue weighted by Crippen LogP contribution is -2.70. The van der Waals surface area contributed by atoms with Gasteiger partial charge < -0.3 is 10.2 Å². The first-order chi connectivity index (χ1) is 18.3. The van der Waals surface area contributed by atoms with Gasteiger partial charge in [-0.15, -0.1) is 0 Å². The summed E-state index contributed by atoms with van der Waals surface area (Å²) in [5, 5.41) is 24.1. The Morgan fingerprint density at radius 1 is 1.21 bits per heavy atom. The third kappa shape index (κ3) is 3.45. The molecule has 1 aromatic rings. The van der Waals surface area contributed by atoms with E-state index < -0.39 is 70.3 Å². The van der Waals surface area contributed by atoms with Crippen molar-refractivity contribution in [2.45, 2.75) is 63.2 Å². The van der Waals surface area contributed by atoms with Crippen LogP contribution in [0.4, 0.5) is 8.78 Å². The van der Waals surface area contributed by atoms with Gasteiger partial charge in [0.05, 0.1) is 16.1 Å². The summed E-state index contributed by atoms with van der Waals surface area (Å²) in [4.78, 5) is 32.1. The van der Waals surface area contributed by atoms with E-state index >= 15 is 8.78 Å². The second-order valence-electron chi connectivity index (χ2n) is 12.3. The summed E-state index contributed by atoms with van der Waals surface area (Å²) in [6, 6.07) is 5.19. The van der Waals surface area contributed by atoms with Gasteiger partial charge in [-0.3, -0.25) is 14.4 Å². The number of aliphatic hydroxyl groups excluding tert-OH is 2. The number of allylic oxidation sites excluding steroid dienone is 4. The van der Waals surface area contributed by atoms with Crippen LogP contribution in [0.15, 0.2) is 42.0 Å². The molecule has 1 aliphatic heterocycles. The summed E-state index contributed by atoms with van der Waals surface area (Å²) < 4.78 is 33.1. The Morgan fingerprint density at radius 3 is 2.64 bits per heavy atom. The number of halogens is 4. The molecule has 4 fully saturated rings. The van der Waals surface area contributed by atoms with Gasteiger partial charge in [-0.2, -0.15) is 5.06 Å². The van der Waals surface area contributed by atoms with E-state index in [2.05, 4.69) is 0 Å². The SMILES string of the molecule is C[C@]12C=CC(=O)C=C1[C@@H](F)C[C@H]1[C@@H]3C[C@H]4CN(Cc5ccc(Cl)c(Cl)c5)O[C@@]4(C(=O)CO)[C@@]3(C)C[C@H](O)[C@@]12F. The molecule has 39 heavy (non-hydrogen) atoms. The Bertz CT molecular complexity index is 1320. The molecule has 0 amide bonds. The molecule has 210 valence electrons. The number of Topliss-reactive ketones (excluding diaryl/α,β-unsaturated/α-hetero) is 1. The maximum Gasteiger partial charge on any atom is 0.192 e. The first kappa shape index (κ1) is 27.5. The fraction of sp³-hybridized carbons (Fsp3) is 0.586. The van der Waals surface area contributed by atoms with E-state index in [4.69, 9.17) is 28.0 Å². The second-order valence-corrected chi connectivity index (χ2v) is 13.1. The summed E-state index contributed by atoms with van der Waals surface area (Å²) in [6.45, 7) is 3.20. The molecule has 0 unspecified atom stereocenters. The molecule has 1 aromatic carbocycles. The molecule has 1 saturated heterocycles. The number of aliphatic hydroxyl groups is 2. The number of alkyl halides is 2. The third-order valence-electron chi connectivity index (χ3n) is 10.6. The zero-order chi connectivity index (χ0) is 28.1. The van der Waals surface area contributed by atoms with Crippen molar-refractivity contribution in [2.75, 3.05) is 13.2 Å². The van der Waals surface area contributed by atoms with Crippen LogP contribution in [0.2, 0.25) is 10.0 Å². The summed E-state index contributed by atoms with van der Waals surface area (Å²) in [5.41, 5.74) is -5.47. The number of nitrogens with zero attached hydrogens (tertiary/aromatic N) is 1. The molecule has 0 radical (unpaired) electrons. The fourth-order valence-corrected chi connectivity index (χ4v) is 9.20. The first-order valence-corrected chi connectivity index (χ1v) is 14.1. The smallest absolute Gasteiger partial charge is 0.192 e. The van der Waals surface area contributed by atoms with Crippen molar-refractivity contribution in [3.8, 4) is 0 Å². The molecule has 6 rings (SSSR count). The average molecular weight is 582 g/mol. The highest BCUT2D eigenvalue weighted by atomic mass is 35.5. The molecule has 0 aromatic heterocycles. The molecule has 2 N–H and O–H groups in total. The van der Waals surface area contributed by atoms with E-state index in [-0.39, 0.29) is 18.4 Å². The van der Waals surface area contributed by atoms with E-state index in [1.54, 1.807) is 37.1 Å². The van der Waals surface area contributed by atoms with Gasteiger partial charge in [-0.25, -0.2) is 8.78 Å². The lowest BCUT2D eigenvalue weighted by atomic mass is 9.44. The molecule has 9 atom stereocenters. The number of rotatable bonds is 4. The summed E-state index contributed by atoms with van der Waals surface area (Å²) in [5.74, 6) is -2.77. The van der Waals surface area contributed by atoms with Crippen LogP contribution >= 0.6 is 23.2 Å². The molecular formula is C29H31Cl2F2NO5. The maximum absolute atomic E-state index is 17.4. The van der Waals surface area contributed by atoms with Crippen LogP contribution in [0, 0.1) is 28.6 Å². The second kappa shape index (κ2) is 8.91. The van der Waals surface area contributed by atoms with Gasteiger partial charge in [0.2, 0.25) is 0 Å². The number of hydrogen-bond donors (Lipinski definition) is 2. The van der Waals surface area contributed by atoms with E-state index in [1.807, 2.05) is 0 Å². The Kier molecular flexibility index (Phi) is 6.28. The van der Waals surface area contributed by atoms with E-state index in [0.29, 0.717) is 29.6 Å². The van der Waals surface area contributed by atoms with Crippen LogP contribution in [0.3, 0.4) is 0 Å². The van der Waals surface area contributed by atoms with E-state index in [0.717, 1.165) is 11.6 Å². The molecule has 3 saturated carbocycles. The number of carbonyl (C=O) groups excluding carboxylic acids is 2. The van der Waals surface area contributed by atoms with Crippen molar-refractivity contribution in [1.29, 1.82) is 0 Å². The lowest BCUT2D eigenvalue weighted by molar-refractivity contribution is -0.269. The highest BCUT2D eigenvalue weighted by Gasteiger charge is 2.79. The molecular weight excluding hydrogens is 551 g/mol. The topological polar surface area (TPSA) is 87.1 Å². The molecule has 6 nitrogen and oxygen atoms in total. The van der Waals surface area contributed by atoms with Crippen LogP contribution in [-0.2, 0) is 21.0 Å². The van der Waals surface area contributed by atoms with Crippen LogP contribution in [0.1, 0.15) is 38.7 Å². The van der Waals surface area contributed by atoms with Gasteiger partial charge >= 0.3 is 0 Å². The Balaban J connectivity index is 1.39. The van der Waals surface area contributed by atoms with Crippen LogP contribution < -0.4 is 0 Å². The van der Waals surface area contributed by atoms with Crippen LogP contribution in [0.5, 0.6) is 0 Å². The number of ketones is 2. The minimum absolute atomic E-state index is 0.0554. The minimum atomic E-state index is -2.25. The molecule has 0 spiro atoms. The van der Waals surface area contributed by atoms with Crippen LogP contribution in [0.25, 0.3) is 0 Å². The van der Waals surface area contributed by atoms with Crippen molar-refractivity contribution in [3.05, 3.63) is 57.6 Å². The minimum Gasteiger partial charge on any atom is -0.390 e. The molecule has 4 aliphatic carbocycles. The number of hydroxylamine groups is 2. The van der Waals surface area contributed by atoms with Gasteiger partial charge in [0.15, 0.2) is 22.8 Å². The fourth-order valence-electron chi connectivity index (χ4n) is 8.88. The predicted molar refractivity (Wildman–Crippen MR) is 140 cm³/mol.